The maximum atomic E-state index is 5.72. The number of rotatable bonds is 3. The van der Waals surface area contributed by atoms with E-state index in [4.69, 9.17) is 5.73 Å². The Bertz CT molecular complexity index is 681. The topological polar surface area (TPSA) is 84.5 Å². The van der Waals surface area contributed by atoms with Gasteiger partial charge in [0, 0.05) is 24.5 Å². The second-order valence-electron chi connectivity index (χ2n) is 4.04. The summed E-state index contributed by atoms with van der Waals surface area (Å²) in [5.41, 5.74) is 8.23. The number of hydrogen-bond acceptors (Lipinski definition) is 4. The zero-order chi connectivity index (χ0) is 12.5. The quantitative estimate of drug-likeness (QED) is 0.614. The zero-order valence-electron chi connectivity index (χ0n) is 10.0. The average molecular weight is 242 g/mol. The molecule has 0 aliphatic heterocycles. The molecule has 6 nitrogen and oxygen atoms in total. The highest BCUT2D eigenvalue weighted by Crippen LogP contribution is 2.19. The number of aryl methyl sites for hydroxylation is 1. The van der Waals surface area contributed by atoms with E-state index in [1.807, 2.05) is 42.1 Å². The summed E-state index contributed by atoms with van der Waals surface area (Å²) in [6.07, 6.45) is 1.92. The molecule has 0 aliphatic carbocycles. The summed E-state index contributed by atoms with van der Waals surface area (Å²) in [7, 11) is 0. The van der Waals surface area contributed by atoms with Gasteiger partial charge in [-0.05, 0) is 25.1 Å². The van der Waals surface area contributed by atoms with E-state index in [-0.39, 0.29) is 0 Å². The molecule has 0 saturated heterocycles. The average Bonchev–Trinajstić information content (AvgIpc) is 2.95. The van der Waals surface area contributed by atoms with E-state index in [2.05, 4.69) is 20.4 Å². The summed E-state index contributed by atoms with van der Waals surface area (Å²) in [4.78, 5) is 7.57. The van der Waals surface area contributed by atoms with Crippen molar-refractivity contribution in [2.24, 2.45) is 0 Å². The number of imidazole rings is 1. The molecule has 3 aromatic rings. The van der Waals surface area contributed by atoms with Crippen LogP contribution in [0.5, 0.6) is 0 Å². The van der Waals surface area contributed by atoms with Crippen LogP contribution >= 0.6 is 0 Å². The fourth-order valence-electron chi connectivity index (χ4n) is 1.81. The fraction of sp³-hybridized carbons (Fsp3) is 0.167. The van der Waals surface area contributed by atoms with Crippen LogP contribution in [0, 0.1) is 0 Å². The van der Waals surface area contributed by atoms with Crippen LogP contribution in [0.3, 0.4) is 0 Å². The molecule has 0 radical (unpaired) electrons. The van der Waals surface area contributed by atoms with Crippen LogP contribution in [0.15, 0.2) is 30.5 Å². The van der Waals surface area contributed by atoms with Gasteiger partial charge in [-0.15, -0.1) is 0 Å². The summed E-state index contributed by atoms with van der Waals surface area (Å²) in [6, 6.07) is 7.49. The van der Waals surface area contributed by atoms with E-state index >= 15 is 0 Å². The third kappa shape index (κ3) is 1.88. The number of nitrogen functional groups attached to an aromatic ring is 1. The van der Waals surface area contributed by atoms with Crippen LogP contribution in [0.1, 0.15) is 6.92 Å². The predicted molar refractivity (Wildman–Crippen MR) is 71.7 cm³/mol. The van der Waals surface area contributed by atoms with E-state index in [0.29, 0.717) is 11.6 Å². The lowest BCUT2D eigenvalue weighted by atomic mass is 10.3. The van der Waals surface area contributed by atoms with E-state index in [9.17, 15) is 0 Å². The Balaban J connectivity index is 1.90. The Morgan fingerprint density at radius 2 is 2.28 bits per heavy atom. The lowest BCUT2D eigenvalue weighted by molar-refractivity contribution is 0.662. The summed E-state index contributed by atoms with van der Waals surface area (Å²) in [5, 5.41) is 7.46. The first kappa shape index (κ1) is 10.6. The summed E-state index contributed by atoms with van der Waals surface area (Å²) in [6.45, 7) is 2.89. The molecule has 92 valence electrons. The van der Waals surface area contributed by atoms with Gasteiger partial charge in [0.05, 0.1) is 11.0 Å². The molecule has 0 unspecified atom stereocenters. The van der Waals surface area contributed by atoms with Crippen LogP contribution in [-0.2, 0) is 6.54 Å². The van der Waals surface area contributed by atoms with Gasteiger partial charge in [0.1, 0.15) is 0 Å². The number of anilines is 3. The lowest BCUT2D eigenvalue weighted by Gasteiger charge is -1.96. The van der Waals surface area contributed by atoms with Crippen molar-refractivity contribution in [3.8, 4) is 0 Å². The van der Waals surface area contributed by atoms with Crippen molar-refractivity contribution < 1.29 is 0 Å². The number of benzene rings is 1. The summed E-state index contributed by atoms with van der Waals surface area (Å²) in [5.74, 6) is 1.43. The Hall–Kier alpha value is -2.50. The molecule has 2 heterocycles. The molecule has 0 atom stereocenters. The number of H-pyrrole nitrogens is 1. The minimum Gasteiger partial charge on any atom is -0.399 e. The molecular formula is C12H14N6. The van der Waals surface area contributed by atoms with E-state index in [0.717, 1.165) is 23.4 Å². The van der Waals surface area contributed by atoms with Crippen molar-refractivity contribution in [3.05, 3.63) is 30.5 Å². The van der Waals surface area contributed by atoms with Gasteiger partial charge >= 0.3 is 0 Å². The number of hydrogen-bond donors (Lipinski definition) is 3. The minimum absolute atomic E-state index is 0.664. The fourth-order valence-corrected chi connectivity index (χ4v) is 1.81. The molecular weight excluding hydrogens is 228 g/mol. The third-order valence-corrected chi connectivity index (χ3v) is 2.72. The van der Waals surface area contributed by atoms with Crippen LogP contribution in [0.4, 0.5) is 17.5 Å². The van der Waals surface area contributed by atoms with E-state index in [1.54, 1.807) is 0 Å². The number of nitrogens with two attached hydrogens (primary N) is 1. The number of nitrogens with one attached hydrogen (secondary N) is 2. The van der Waals surface area contributed by atoms with Gasteiger partial charge in [-0.2, -0.15) is 5.10 Å². The van der Waals surface area contributed by atoms with Gasteiger partial charge in [0.25, 0.3) is 0 Å². The first-order valence-corrected chi connectivity index (χ1v) is 5.80. The number of aromatic amines is 1. The van der Waals surface area contributed by atoms with Crippen LogP contribution in [0.25, 0.3) is 11.0 Å². The Kier molecular flexibility index (Phi) is 2.40. The smallest absolute Gasteiger partial charge is 0.206 e. The van der Waals surface area contributed by atoms with Gasteiger partial charge < -0.3 is 16.0 Å². The highest BCUT2D eigenvalue weighted by atomic mass is 15.3. The Morgan fingerprint density at radius 3 is 3.06 bits per heavy atom. The van der Waals surface area contributed by atoms with Crippen LogP contribution in [-0.4, -0.2) is 19.7 Å². The van der Waals surface area contributed by atoms with Gasteiger partial charge in [-0.25, -0.2) is 4.98 Å². The first-order chi connectivity index (χ1) is 8.74. The maximum absolute atomic E-state index is 5.72. The van der Waals surface area contributed by atoms with Crippen molar-refractivity contribution >= 4 is 28.5 Å². The largest absolute Gasteiger partial charge is 0.399 e. The summed E-state index contributed by atoms with van der Waals surface area (Å²) < 4.78 is 1.85. The van der Waals surface area contributed by atoms with Crippen molar-refractivity contribution in [2.45, 2.75) is 13.5 Å². The summed E-state index contributed by atoms with van der Waals surface area (Å²) >= 11 is 0. The molecule has 0 spiro atoms. The lowest BCUT2D eigenvalue weighted by Crippen LogP contribution is -1.97. The standard InChI is InChI=1S/C12H14N6/c1-2-18-6-5-11(17-18)16-12-14-9-4-3-8(13)7-10(9)15-12/h3-7H,2,13H2,1H3,(H2,14,15,16,17). The van der Waals surface area contributed by atoms with Crippen molar-refractivity contribution in [3.63, 3.8) is 0 Å². The van der Waals surface area contributed by atoms with Crippen molar-refractivity contribution in [1.29, 1.82) is 0 Å². The molecule has 3 rings (SSSR count). The molecule has 0 amide bonds. The molecule has 4 N–H and O–H groups in total. The molecule has 1 aromatic carbocycles. The molecule has 2 aromatic heterocycles. The van der Waals surface area contributed by atoms with Gasteiger partial charge in [-0.1, -0.05) is 0 Å². The van der Waals surface area contributed by atoms with E-state index < -0.39 is 0 Å². The van der Waals surface area contributed by atoms with E-state index in [1.165, 1.54) is 0 Å². The van der Waals surface area contributed by atoms with Gasteiger partial charge in [0.15, 0.2) is 5.82 Å². The molecule has 0 aliphatic rings. The predicted octanol–water partition coefficient (Wildman–Crippen LogP) is 2.11. The molecule has 18 heavy (non-hydrogen) atoms. The number of fused-ring (bicyclic) bond motifs is 1. The molecule has 0 saturated carbocycles. The van der Waals surface area contributed by atoms with Gasteiger partial charge in [0.2, 0.25) is 5.95 Å². The van der Waals surface area contributed by atoms with Crippen molar-refractivity contribution in [2.75, 3.05) is 11.1 Å². The first-order valence-electron chi connectivity index (χ1n) is 5.80. The zero-order valence-corrected chi connectivity index (χ0v) is 10.0. The van der Waals surface area contributed by atoms with Crippen molar-refractivity contribution in [1.82, 2.24) is 19.7 Å². The normalized spacial score (nSPS) is 10.9. The number of aromatic nitrogens is 4. The highest BCUT2D eigenvalue weighted by Gasteiger charge is 2.04. The third-order valence-electron chi connectivity index (χ3n) is 2.72. The Morgan fingerprint density at radius 1 is 1.39 bits per heavy atom. The second-order valence-corrected chi connectivity index (χ2v) is 4.04. The SMILES string of the molecule is CCn1ccc(Nc2nc3ccc(N)cc3[nH]2)n1. The molecule has 6 heteroatoms. The minimum atomic E-state index is 0.664. The molecule has 0 fully saturated rings. The Labute approximate surface area is 104 Å². The van der Waals surface area contributed by atoms with Crippen LogP contribution < -0.4 is 11.1 Å². The molecule has 0 bridgehead atoms. The monoisotopic (exact) mass is 242 g/mol. The number of nitrogens with zero attached hydrogens (tertiary/aromatic N) is 3. The highest BCUT2D eigenvalue weighted by molar-refractivity contribution is 5.81. The van der Waals surface area contributed by atoms with Gasteiger partial charge in [-0.3, -0.25) is 4.68 Å². The van der Waals surface area contributed by atoms with Crippen LogP contribution in [0.2, 0.25) is 0 Å². The second kappa shape index (κ2) is 4.06. The maximum Gasteiger partial charge on any atom is 0.206 e.